The van der Waals surface area contributed by atoms with Crippen LogP contribution in [0.15, 0.2) is 53.1 Å². The van der Waals surface area contributed by atoms with Gasteiger partial charge in [0.25, 0.3) is 0 Å². The van der Waals surface area contributed by atoms with Crippen molar-refractivity contribution < 1.29 is 9.21 Å². The molecule has 2 heterocycles. The molecule has 1 aromatic carbocycles. The summed E-state index contributed by atoms with van der Waals surface area (Å²) in [5.41, 5.74) is 1.28. The largest absolute Gasteiger partial charge is 0.469 e. The highest BCUT2D eigenvalue weighted by molar-refractivity contribution is 5.76. The van der Waals surface area contributed by atoms with Gasteiger partial charge in [0, 0.05) is 19.4 Å². The average Bonchev–Trinajstić information content (AvgIpc) is 3.16. The number of carbonyl (C=O) groups excluding carboxylic acids is 1. The molecule has 0 saturated carbocycles. The fraction of sp³-hybridized carbons (Fsp3) is 0.450. The predicted octanol–water partition coefficient (Wildman–Crippen LogP) is 3.56. The van der Waals surface area contributed by atoms with E-state index >= 15 is 0 Å². The molecule has 2 aromatic rings. The highest BCUT2D eigenvalue weighted by Crippen LogP contribution is 2.24. The van der Waals surface area contributed by atoms with Gasteiger partial charge in [-0.1, -0.05) is 36.8 Å². The normalized spacial score (nSPS) is 16.7. The maximum absolute atomic E-state index is 12.2. The molecule has 1 saturated heterocycles. The second-order valence-corrected chi connectivity index (χ2v) is 6.41. The number of nitrogens with zero attached hydrogens (tertiary/aromatic N) is 1. The summed E-state index contributed by atoms with van der Waals surface area (Å²) in [4.78, 5) is 14.7. The van der Waals surface area contributed by atoms with Crippen molar-refractivity contribution in [3.05, 3.63) is 60.1 Å². The molecule has 1 unspecified atom stereocenters. The van der Waals surface area contributed by atoms with Crippen LogP contribution < -0.4 is 5.32 Å². The standard InChI is InChI=1S/C20H26N2O2/c23-20(12-11-18-10-7-15-24-18)21-16-19(17-8-3-1-4-9-17)22-13-5-2-6-14-22/h1,3-4,7-10,15,19H,2,5-6,11-14,16H2,(H,21,23). The number of benzene rings is 1. The van der Waals surface area contributed by atoms with Crippen LogP contribution in [0.2, 0.25) is 0 Å². The minimum atomic E-state index is 0.0874. The Morgan fingerprint density at radius 2 is 1.88 bits per heavy atom. The number of rotatable bonds is 7. The molecule has 0 aliphatic carbocycles. The Morgan fingerprint density at radius 3 is 2.58 bits per heavy atom. The van der Waals surface area contributed by atoms with Gasteiger partial charge in [-0.2, -0.15) is 0 Å². The van der Waals surface area contributed by atoms with E-state index in [-0.39, 0.29) is 11.9 Å². The third-order valence-corrected chi connectivity index (χ3v) is 4.69. The number of piperidine rings is 1. The third-order valence-electron chi connectivity index (χ3n) is 4.69. The van der Waals surface area contributed by atoms with E-state index in [9.17, 15) is 4.79 Å². The molecule has 4 nitrogen and oxygen atoms in total. The molecule has 0 spiro atoms. The fourth-order valence-corrected chi connectivity index (χ4v) is 3.35. The van der Waals surface area contributed by atoms with E-state index < -0.39 is 0 Å². The third kappa shape index (κ3) is 4.71. The maximum atomic E-state index is 12.2. The lowest BCUT2D eigenvalue weighted by Crippen LogP contribution is -2.40. The summed E-state index contributed by atoms with van der Waals surface area (Å²) in [6, 6.07) is 14.5. The van der Waals surface area contributed by atoms with Gasteiger partial charge in [0.05, 0.1) is 12.3 Å². The molecule has 0 bridgehead atoms. The lowest BCUT2D eigenvalue weighted by molar-refractivity contribution is -0.121. The number of furan rings is 1. The Bertz CT molecular complexity index is 604. The number of carbonyl (C=O) groups is 1. The summed E-state index contributed by atoms with van der Waals surface area (Å²) in [6.45, 7) is 2.89. The van der Waals surface area contributed by atoms with Crippen LogP contribution in [0.3, 0.4) is 0 Å². The van der Waals surface area contributed by atoms with E-state index in [2.05, 4.69) is 34.5 Å². The molecular weight excluding hydrogens is 300 g/mol. The van der Waals surface area contributed by atoms with Crippen molar-refractivity contribution in [1.29, 1.82) is 0 Å². The maximum Gasteiger partial charge on any atom is 0.220 e. The van der Waals surface area contributed by atoms with Crippen LogP contribution in [0.1, 0.15) is 43.0 Å². The number of hydrogen-bond donors (Lipinski definition) is 1. The van der Waals surface area contributed by atoms with Gasteiger partial charge in [-0.25, -0.2) is 0 Å². The van der Waals surface area contributed by atoms with E-state index in [1.165, 1.54) is 24.8 Å². The summed E-state index contributed by atoms with van der Waals surface area (Å²) < 4.78 is 5.29. The van der Waals surface area contributed by atoms with Crippen LogP contribution in [0.4, 0.5) is 0 Å². The molecule has 4 heteroatoms. The van der Waals surface area contributed by atoms with Crippen LogP contribution in [-0.4, -0.2) is 30.4 Å². The minimum Gasteiger partial charge on any atom is -0.469 e. The predicted molar refractivity (Wildman–Crippen MR) is 94.6 cm³/mol. The molecule has 1 amide bonds. The first-order chi connectivity index (χ1) is 11.8. The van der Waals surface area contributed by atoms with E-state index in [1.54, 1.807) is 6.26 Å². The Labute approximate surface area is 143 Å². The number of likely N-dealkylation sites (tertiary alicyclic amines) is 1. The smallest absolute Gasteiger partial charge is 0.220 e. The summed E-state index contributed by atoms with van der Waals surface area (Å²) >= 11 is 0. The molecule has 128 valence electrons. The second-order valence-electron chi connectivity index (χ2n) is 6.41. The molecular formula is C20H26N2O2. The van der Waals surface area contributed by atoms with Gasteiger partial charge in [0.1, 0.15) is 5.76 Å². The first-order valence-electron chi connectivity index (χ1n) is 8.91. The zero-order valence-electron chi connectivity index (χ0n) is 14.1. The van der Waals surface area contributed by atoms with Crippen molar-refractivity contribution in [1.82, 2.24) is 10.2 Å². The summed E-state index contributed by atoms with van der Waals surface area (Å²) in [6.07, 6.45) is 6.57. The zero-order chi connectivity index (χ0) is 16.6. The van der Waals surface area contributed by atoms with Crippen molar-refractivity contribution in [3.63, 3.8) is 0 Å². The van der Waals surface area contributed by atoms with Gasteiger partial charge in [0.15, 0.2) is 0 Å². The second kappa shape index (κ2) is 8.69. The van der Waals surface area contributed by atoms with Gasteiger partial charge < -0.3 is 9.73 Å². The molecule has 1 aromatic heterocycles. The summed E-state index contributed by atoms with van der Waals surface area (Å²) in [5.74, 6) is 0.949. The van der Waals surface area contributed by atoms with Crippen LogP contribution in [0.25, 0.3) is 0 Å². The molecule has 1 fully saturated rings. The lowest BCUT2D eigenvalue weighted by Gasteiger charge is -2.35. The molecule has 0 radical (unpaired) electrons. The molecule has 3 rings (SSSR count). The Morgan fingerprint density at radius 1 is 1.08 bits per heavy atom. The first kappa shape index (κ1) is 16.8. The highest BCUT2D eigenvalue weighted by Gasteiger charge is 2.22. The van der Waals surface area contributed by atoms with E-state index in [1.807, 2.05) is 18.2 Å². The van der Waals surface area contributed by atoms with Gasteiger partial charge in [-0.3, -0.25) is 9.69 Å². The van der Waals surface area contributed by atoms with Crippen molar-refractivity contribution in [3.8, 4) is 0 Å². The Hall–Kier alpha value is -2.07. The van der Waals surface area contributed by atoms with Crippen molar-refractivity contribution in [2.45, 2.75) is 38.1 Å². The number of nitrogens with one attached hydrogen (secondary N) is 1. The summed E-state index contributed by atoms with van der Waals surface area (Å²) in [5, 5.41) is 3.12. The van der Waals surface area contributed by atoms with E-state index in [0.29, 0.717) is 19.4 Å². The topological polar surface area (TPSA) is 45.5 Å². The Kier molecular flexibility index (Phi) is 6.07. The van der Waals surface area contributed by atoms with E-state index in [0.717, 1.165) is 18.8 Å². The monoisotopic (exact) mass is 326 g/mol. The first-order valence-corrected chi connectivity index (χ1v) is 8.91. The molecule has 1 aliphatic rings. The molecule has 1 atom stereocenters. The number of amides is 1. The average molecular weight is 326 g/mol. The Balaban J connectivity index is 1.56. The minimum absolute atomic E-state index is 0.0874. The summed E-state index contributed by atoms with van der Waals surface area (Å²) in [7, 11) is 0. The molecule has 24 heavy (non-hydrogen) atoms. The van der Waals surface area contributed by atoms with Gasteiger partial charge >= 0.3 is 0 Å². The zero-order valence-corrected chi connectivity index (χ0v) is 14.1. The number of hydrogen-bond acceptors (Lipinski definition) is 3. The fourth-order valence-electron chi connectivity index (χ4n) is 3.35. The van der Waals surface area contributed by atoms with Crippen LogP contribution in [-0.2, 0) is 11.2 Å². The van der Waals surface area contributed by atoms with Crippen molar-refractivity contribution in [2.75, 3.05) is 19.6 Å². The van der Waals surface area contributed by atoms with Crippen LogP contribution in [0.5, 0.6) is 0 Å². The van der Waals surface area contributed by atoms with E-state index in [4.69, 9.17) is 4.42 Å². The van der Waals surface area contributed by atoms with Crippen molar-refractivity contribution >= 4 is 5.91 Å². The van der Waals surface area contributed by atoms with Gasteiger partial charge in [0.2, 0.25) is 5.91 Å². The molecule has 1 aliphatic heterocycles. The quantitative estimate of drug-likeness (QED) is 0.846. The molecule has 1 N–H and O–H groups in total. The highest BCUT2D eigenvalue weighted by atomic mass is 16.3. The van der Waals surface area contributed by atoms with Crippen LogP contribution in [0, 0.1) is 0 Å². The van der Waals surface area contributed by atoms with Crippen molar-refractivity contribution in [2.24, 2.45) is 0 Å². The lowest BCUT2D eigenvalue weighted by atomic mass is 10.0. The van der Waals surface area contributed by atoms with Gasteiger partial charge in [-0.05, 0) is 43.6 Å². The number of aryl methyl sites for hydroxylation is 1. The SMILES string of the molecule is O=C(CCc1ccco1)NCC(c1ccccc1)N1CCCCC1. The van der Waals surface area contributed by atoms with Crippen LogP contribution >= 0.6 is 0 Å². The van der Waals surface area contributed by atoms with Gasteiger partial charge in [-0.15, -0.1) is 0 Å².